The van der Waals surface area contributed by atoms with Gasteiger partial charge in [-0.1, -0.05) is 18.7 Å². The highest BCUT2D eigenvalue weighted by molar-refractivity contribution is 5.61. The van der Waals surface area contributed by atoms with E-state index < -0.39 is 0 Å². The van der Waals surface area contributed by atoms with Crippen molar-refractivity contribution in [3.8, 4) is 17.0 Å². The molecule has 0 amide bonds. The molecular weight excluding hydrogens is 198 g/mol. The highest BCUT2D eigenvalue weighted by atomic mass is 16.5. The lowest BCUT2D eigenvalue weighted by Crippen LogP contribution is -1.85. The first kappa shape index (κ1) is 10.4. The molecule has 1 heterocycles. The molecular formula is C14H13NO. The fourth-order valence-electron chi connectivity index (χ4n) is 1.46. The largest absolute Gasteiger partial charge is 0.497 e. The zero-order valence-corrected chi connectivity index (χ0v) is 9.18. The second-order valence-corrected chi connectivity index (χ2v) is 3.41. The van der Waals surface area contributed by atoms with E-state index in [1.54, 1.807) is 13.2 Å². The molecule has 16 heavy (non-hydrogen) atoms. The minimum absolute atomic E-state index is 0.853. The van der Waals surface area contributed by atoms with Crippen LogP contribution in [0.4, 0.5) is 0 Å². The second kappa shape index (κ2) is 4.62. The summed E-state index contributed by atoms with van der Waals surface area (Å²) in [5.41, 5.74) is 3.06. The standard InChI is InChI=1S/C14H13NO/c1-3-11-4-9-14(15-10-11)12-5-7-13(16-2)8-6-12/h3-10H,1H2,2H3. The molecule has 0 radical (unpaired) electrons. The van der Waals surface area contributed by atoms with E-state index in [2.05, 4.69) is 11.6 Å². The van der Waals surface area contributed by atoms with Gasteiger partial charge < -0.3 is 4.74 Å². The van der Waals surface area contributed by atoms with Crippen LogP contribution in [0.25, 0.3) is 17.3 Å². The third kappa shape index (κ3) is 2.11. The van der Waals surface area contributed by atoms with Gasteiger partial charge in [-0.25, -0.2) is 0 Å². The summed E-state index contributed by atoms with van der Waals surface area (Å²) in [5.74, 6) is 0.853. The third-order valence-corrected chi connectivity index (χ3v) is 2.41. The maximum Gasteiger partial charge on any atom is 0.118 e. The number of benzene rings is 1. The first-order chi connectivity index (χ1) is 7.83. The lowest BCUT2D eigenvalue weighted by atomic mass is 10.1. The fraction of sp³-hybridized carbons (Fsp3) is 0.0714. The molecule has 1 aromatic carbocycles. The zero-order valence-electron chi connectivity index (χ0n) is 9.18. The average molecular weight is 211 g/mol. The zero-order chi connectivity index (χ0) is 11.4. The monoisotopic (exact) mass is 211 g/mol. The van der Waals surface area contributed by atoms with Gasteiger partial charge in [-0.05, 0) is 35.9 Å². The molecule has 1 aromatic heterocycles. The smallest absolute Gasteiger partial charge is 0.118 e. The van der Waals surface area contributed by atoms with Crippen molar-refractivity contribution in [2.24, 2.45) is 0 Å². The molecule has 0 atom stereocenters. The Hall–Kier alpha value is -2.09. The minimum atomic E-state index is 0.853. The first-order valence-corrected chi connectivity index (χ1v) is 5.06. The molecule has 80 valence electrons. The lowest BCUT2D eigenvalue weighted by molar-refractivity contribution is 0.415. The number of ether oxygens (including phenoxy) is 1. The number of hydrogen-bond donors (Lipinski definition) is 0. The van der Waals surface area contributed by atoms with Crippen molar-refractivity contribution in [3.05, 3.63) is 54.7 Å². The molecule has 0 N–H and O–H groups in total. The van der Waals surface area contributed by atoms with Gasteiger partial charge in [0.2, 0.25) is 0 Å². The summed E-state index contributed by atoms with van der Waals surface area (Å²) in [4.78, 5) is 4.36. The van der Waals surface area contributed by atoms with Gasteiger partial charge in [-0.3, -0.25) is 4.98 Å². The predicted octanol–water partition coefficient (Wildman–Crippen LogP) is 3.40. The summed E-state index contributed by atoms with van der Waals surface area (Å²) >= 11 is 0. The molecule has 0 bridgehead atoms. The van der Waals surface area contributed by atoms with Crippen LogP contribution in [-0.4, -0.2) is 12.1 Å². The highest BCUT2D eigenvalue weighted by Gasteiger charge is 1.99. The molecule has 0 unspecified atom stereocenters. The maximum atomic E-state index is 5.11. The van der Waals surface area contributed by atoms with Crippen molar-refractivity contribution in [2.45, 2.75) is 0 Å². The van der Waals surface area contributed by atoms with Crippen molar-refractivity contribution in [2.75, 3.05) is 7.11 Å². The van der Waals surface area contributed by atoms with Gasteiger partial charge in [-0.15, -0.1) is 0 Å². The Morgan fingerprint density at radius 3 is 2.38 bits per heavy atom. The molecule has 0 saturated heterocycles. The van der Waals surface area contributed by atoms with Crippen LogP contribution < -0.4 is 4.74 Å². The Kier molecular flexibility index (Phi) is 3.01. The number of aromatic nitrogens is 1. The summed E-state index contributed by atoms with van der Waals surface area (Å²) in [5, 5.41) is 0. The third-order valence-electron chi connectivity index (χ3n) is 2.41. The first-order valence-electron chi connectivity index (χ1n) is 5.06. The van der Waals surface area contributed by atoms with Crippen LogP contribution >= 0.6 is 0 Å². The summed E-state index contributed by atoms with van der Waals surface area (Å²) in [6, 6.07) is 11.8. The average Bonchev–Trinajstić information content (AvgIpc) is 2.39. The topological polar surface area (TPSA) is 22.1 Å². The Balaban J connectivity index is 2.31. The van der Waals surface area contributed by atoms with Gasteiger partial charge in [-0.2, -0.15) is 0 Å². The number of pyridine rings is 1. The van der Waals surface area contributed by atoms with E-state index in [1.165, 1.54) is 0 Å². The quantitative estimate of drug-likeness (QED) is 0.776. The SMILES string of the molecule is C=Cc1ccc(-c2ccc(OC)cc2)nc1. The molecule has 0 fully saturated rings. The van der Waals surface area contributed by atoms with Gasteiger partial charge in [0.15, 0.2) is 0 Å². The Bertz CT molecular complexity index is 471. The highest BCUT2D eigenvalue weighted by Crippen LogP contribution is 2.20. The van der Waals surface area contributed by atoms with Crippen LogP contribution in [0, 0.1) is 0 Å². The molecule has 0 aliphatic carbocycles. The van der Waals surface area contributed by atoms with E-state index in [9.17, 15) is 0 Å². The maximum absolute atomic E-state index is 5.11. The summed E-state index contributed by atoms with van der Waals surface area (Å²) in [7, 11) is 1.66. The Morgan fingerprint density at radius 2 is 1.88 bits per heavy atom. The summed E-state index contributed by atoms with van der Waals surface area (Å²) in [6.45, 7) is 3.70. The van der Waals surface area contributed by atoms with Gasteiger partial charge in [0.05, 0.1) is 12.8 Å². The van der Waals surface area contributed by atoms with E-state index in [0.29, 0.717) is 0 Å². The normalized spacial score (nSPS) is 9.81. The van der Waals surface area contributed by atoms with Gasteiger partial charge >= 0.3 is 0 Å². The van der Waals surface area contributed by atoms with Gasteiger partial charge in [0, 0.05) is 11.8 Å². The van der Waals surface area contributed by atoms with E-state index in [0.717, 1.165) is 22.6 Å². The van der Waals surface area contributed by atoms with Crippen LogP contribution in [0.15, 0.2) is 49.2 Å². The van der Waals surface area contributed by atoms with Gasteiger partial charge in [0.1, 0.15) is 5.75 Å². The van der Waals surface area contributed by atoms with E-state index in [1.807, 2.05) is 42.6 Å². The molecule has 2 heteroatoms. The number of nitrogens with zero attached hydrogens (tertiary/aromatic N) is 1. The molecule has 2 rings (SSSR count). The van der Waals surface area contributed by atoms with Crippen molar-refractivity contribution in [1.82, 2.24) is 4.98 Å². The van der Waals surface area contributed by atoms with Crippen molar-refractivity contribution in [1.29, 1.82) is 0 Å². The minimum Gasteiger partial charge on any atom is -0.497 e. The lowest BCUT2D eigenvalue weighted by Gasteiger charge is -2.03. The van der Waals surface area contributed by atoms with Crippen LogP contribution in [0.1, 0.15) is 5.56 Å². The molecule has 2 nitrogen and oxygen atoms in total. The van der Waals surface area contributed by atoms with Gasteiger partial charge in [0.25, 0.3) is 0 Å². The van der Waals surface area contributed by atoms with Crippen molar-refractivity contribution in [3.63, 3.8) is 0 Å². The van der Waals surface area contributed by atoms with Crippen LogP contribution in [0.3, 0.4) is 0 Å². The Labute approximate surface area is 95.2 Å². The predicted molar refractivity (Wildman–Crippen MR) is 66.3 cm³/mol. The van der Waals surface area contributed by atoms with Crippen molar-refractivity contribution >= 4 is 6.08 Å². The molecule has 2 aromatic rings. The summed E-state index contributed by atoms with van der Waals surface area (Å²) < 4.78 is 5.11. The fourth-order valence-corrected chi connectivity index (χ4v) is 1.46. The van der Waals surface area contributed by atoms with E-state index in [4.69, 9.17) is 4.74 Å². The second-order valence-electron chi connectivity index (χ2n) is 3.41. The molecule has 0 aliphatic heterocycles. The molecule has 0 saturated carbocycles. The Morgan fingerprint density at radius 1 is 1.12 bits per heavy atom. The number of methoxy groups -OCH3 is 1. The van der Waals surface area contributed by atoms with Crippen LogP contribution in [0.2, 0.25) is 0 Å². The number of rotatable bonds is 3. The molecule has 0 spiro atoms. The molecule has 0 aliphatic rings. The van der Waals surface area contributed by atoms with E-state index >= 15 is 0 Å². The summed E-state index contributed by atoms with van der Waals surface area (Å²) in [6.07, 6.45) is 3.59. The van der Waals surface area contributed by atoms with E-state index in [-0.39, 0.29) is 0 Å². The van der Waals surface area contributed by atoms with Crippen LogP contribution in [-0.2, 0) is 0 Å². The van der Waals surface area contributed by atoms with Crippen molar-refractivity contribution < 1.29 is 4.74 Å². The van der Waals surface area contributed by atoms with Crippen LogP contribution in [0.5, 0.6) is 5.75 Å². The number of hydrogen-bond acceptors (Lipinski definition) is 2.